The second-order valence-corrected chi connectivity index (χ2v) is 4.34. The zero-order chi connectivity index (χ0) is 12.9. The van der Waals surface area contributed by atoms with Crippen LogP contribution in [0.1, 0.15) is 10.5 Å². The molecule has 0 aliphatic rings. The molecule has 1 amide bonds. The summed E-state index contributed by atoms with van der Waals surface area (Å²) in [5.74, 6) is -0.840. The number of thioether (sulfide) groups is 1. The van der Waals surface area contributed by atoms with Crippen molar-refractivity contribution in [2.75, 3.05) is 12.3 Å². The lowest BCUT2D eigenvalue weighted by atomic mass is 10.4. The molecule has 0 fully saturated rings. The predicted octanol–water partition coefficient (Wildman–Crippen LogP) is 2.11. The van der Waals surface area contributed by atoms with Crippen molar-refractivity contribution in [1.29, 1.82) is 0 Å². The molecule has 0 unspecified atom stereocenters. The summed E-state index contributed by atoms with van der Waals surface area (Å²) >= 11 is 5.26. The Morgan fingerprint density at radius 3 is 2.65 bits per heavy atom. The third kappa shape index (κ3) is 5.73. The van der Waals surface area contributed by atoms with E-state index in [0.29, 0.717) is 0 Å². The molecule has 0 aliphatic carbocycles. The zero-order valence-corrected chi connectivity index (χ0v) is 9.86. The fourth-order valence-corrected chi connectivity index (χ4v) is 1.40. The summed E-state index contributed by atoms with van der Waals surface area (Å²) in [5.41, 5.74) is -4.28. The molecule has 1 aromatic rings. The Bertz CT molecular complexity index is 385. The lowest BCUT2D eigenvalue weighted by Crippen LogP contribution is -2.27. The zero-order valence-electron chi connectivity index (χ0n) is 8.29. The first-order valence-electron chi connectivity index (χ1n) is 4.36. The minimum atomic E-state index is -4.29. The van der Waals surface area contributed by atoms with Gasteiger partial charge in [0.1, 0.15) is 0 Å². The molecule has 0 bridgehead atoms. The van der Waals surface area contributed by atoms with Crippen LogP contribution in [0.2, 0.25) is 5.15 Å². The molecular formula is C8H7ClF3N3OS. The number of carbonyl (C=O) groups excluding carboxylic acids is 1. The van der Waals surface area contributed by atoms with Crippen molar-refractivity contribution >= 4 is 29.3 Å². The van der Waals surface area contributed by atoms with Gasteiger partial charge in [-0.1, -0.05) is 11.6 Å². The molecule has 0 saturated heterocycles. The van der Waals surface area contributed by atoms with Gasteiger partial charge in [0.05, 0.1) is 0 Å². The highest BCUT2D eigenvalue weighted by atomic mass is 35.5. The third-order valence-corrected chi connectivity index (χ3v) is 2.46. The molecule has 0 radical (unpaired) electrons. The van der Waals surface area contributed by atoms with Crippen LogP contribution < -0.4 is 5.32 Å². The Kier molecular flexibility index (Phi) is 5.01. The Labute approximate surface area is 104 Å². The van der Waals surface area contributed by atoms with Crippen LogP contribution >= 0.6 is 23.4 Å². The van der Waals surface area contributed by atoms with E-state index in [1.165, 1.54) is 12.1 Å². The number of nitrogens with zero attached hydrogens (tertiary/aromatic N) is 2. The SMILES string of the molecule is O=C(NCCSC(F)(F)F)c1ccc(Cl)nn1. The van der Waals surface area contributed by atoms with Gasteiger partial charge in [-0.25, -0.2) is 0 Å². The maximum atomic E-state index is 11.8. The normalized spacial score (nSPS) is 11.3. The van der Waals surface area contributed by atoms with Crippen LogP contribution in [0.3, 0.4) is 0 Å². The highest BCUT2D eigenvalue weighted by Crippen LogP contribution is 2.29. The summed E-state index contributed by atoms with van der Waals surface area (Å²) in [4.78, 5) is 11.3. The van der Waals surface area contributed by atoms with Crippen LogP contribution in [-0.4, -0.2) is 33.9 Å². The number of hydrogen-bond acceptors (Lipinski definition) is 4. The first-order valence-corrected chi connectivity index (χ1v) is 5.73. The van der Waals surface area contributed by atoms with Crippen molar-refractivity contribution in [3.8, 4) is 0 Å². The van der Waals surface area contributed by atoms with E-state index in [2.05, 4.69) is 15.5 Å². The average molecular weight is 286 g/mol. The summed E-state index contributed by atoms with van der Waals surface area (Å²) < 4.78 is 35.3. The number of rotatable bonds is 4. The monoisotopic (exact) mass is 285 g/mol. The Morgan fingerprint density at radius 1 is 1.41 bits per heavy atom. The Balaban J connectivity index is 2.33. The van der Waals surface area contributed by atoms with E-state index in [1.54, 1.807) is 0 Å². The number of hydrogen-bond donors (Lipinski definition) is 1. The molecule has 9 heteroatoms. The number of amides is 1. The van der Waals surface area contributed by atoms with Crippen LogP contribution in [0, 0.1) is 0 Å². The molecule has 0 spiro atoms. The average Bonchev–Trinajstić information content (AvgIpc) is 2.24. The minimum Gasteiger partial charge on any atom is -0.350 e. The van der Waals surface area contributed by atoms with Crippen molar-refractivity contribution in [1.82, 2.24) is 15.5 Å². The van der Waals surface area contributed by atoms with E-state index in [-0.39, 0.29) is 34.9 Å². The maximum absolute atomic E-state index is 11.8. The molecule has 1 N–H and O–H groups in total. The van der Waals surface area contributed by atoms with Gasteiger partial charge in [-0.05, 0) is 23.9 Å². The maximum Gasteiger partial charge on any atom is 0.441 e. The minimum absolute atomic E-state index is 0.00593. The second-order valence-electron chi connectivity index (χ2n) is 2.79. The third-order valence-electron chi connectivity index (χ3n) is 1.52. The summed E-state index contributed by atoms with van der Waals surface area (Å²) in [5, 5.41) is 9.34. The van der Waals surface area contributed by atoms with E-state index >= 15 is 0 Å². The van der Waals surface area contributed by atoms with Gasteiger partial charge in [-0.15, -0.1) is 10.2 Å². The van der Waals surface area contributed by atoms with Crippen LogP contribution in [-0.2, 0) is 0 Å². The van der Waals surface area contributed by atoms with E-state index in [0.717, 1.165) is 0 Å². The van der Waals surface area contributed by atoms with E-state index in [1.807, 2.05) is 0 Å². The summed E-state index contributed by atoms with van der Waals surface area (Å²) in [7, 11) is 0. The van der Waals surface area contributed by atoms with Crippen molar-refractivity contribution in [2.45, 2.75) is 5.51 Å². The lowest BCUT2D eigenvalue weighted by Gasteiger charge is -2.06. The molecule has 1 rings (SSSR count). The van der Waals surface area contributed by atoms with Crippen LogP contribution in [0.5, 0.6) is 0 Å². The van der Waals surface area contributed by atoms with Gasteiger partial charge in [0.25, 0.3) is 5.91 Å². The summed E-state index contributed by atoms with van der Waals surface area (Å²) in [6.45, 7) is -0.104. The molecule has 4 nitrogen and oxygen atoms in total. The molecule has 1 heterocycles. The van der Waals surface area contributed by atoms with Gasteiger partial charge >= 0.3 is 5.51 Å². The van der Waals surface area contributed by atoms with Crippen LogP contribution in [0.25, 0.3) is 0 Å². The summed E-state index contributed by atoms with van der Waals surface area (Å²) in [6, 6.07) is 2.70. The van der Waals surface area contributed by atoms with Gasteiger partial charge in [-0.2, -0.15) is 13.2 Å². The molecule has 1 aromatic heterocycles. The first kappa shape index (κ1) is 14.0. The van der Waals surface area contributed by atoms with Gasteiger partial charge < -0.3 is 5.32 Å². The highest BCUT2D eigenvalue weighted by molar-refractivity contribution is 8.00. The molecule has 0 aliphatic heterocycles. The fourth-order valence-electron chi connectivity index (χ4n) is 0.859. The molecule has 0 aromatic carbocycles. The number of carbonyl (C=O) groups is 1. The van der Waals surface area contributed by atoms with Crippen LogP contribution in [0.4, 0.5) is 13.2 Å². The number of nitrogens with one attached hydrogen (secondary N) is 1. The molecule has 0 atom stereocenters. The topological polar surface area (TPSA) is 54.9 Å². The van der Waals surface area contributed by atoms with Crippen molar-refractivity contribution in [3.05, 3.63) is 23.0 Å². The lowest BCUT2D eigenvalue weighted by molar-refractivity contribution is -0.0327. The highest BCUT2D eigenvalue weighted by Gasteiger charge is 2.27. The van der Waals surface area contributed by atoms with E-state index in [9.17, 15) is 18.0 Å². The molecule has 94 valence electrons. The van der Waals surface area contributed by atoms with Gasteiger partial charge in [0.15, 0.2) is 10.8 Å². The fraction of sp³-hybridized carbons (Fsp3) is 0.375. The smallest absolute Gasteiger partial charge is 0.350 e. The van der Waals surface area contributed by atoms with Crippen LogP contribution in [0.15, 0.2) is 12.1 Å². The molecule has 17 heavy (non-hydrogen) atoms. The van der Waals surface area contributed by atoms with Crippen molar-refractivity contribution < 1.29 is 18.0 Å². The number of halogens is 4. The number of aromatic nitrogens is 2. The van der Waals surface area contributed by atoms with E-state index < -0.39 is 11.4 Å². The second kappa shape index (κ2) is 6.06. The molecule has 0 saturated carbocycles. The van der Waals surface area contributed by atoms with E-state index in [4.69, 9.17) is 11.6 Å². The number of alkyl halides is 3. The van der Waals surface area contributed by atoms with Crippen molar-refractivity contribution in [3.63, 3.8) is 0 Å². The Morgan fingerprint density at radius 2 is 2.12 bits per heavy atom. The quantitative estimate of drug-likeness (QED) is 0.861. The summed E-state index contributed by atoms with van der Waals surface area (Å²) in [6.07, 6.45) is 0. The van der Waals surface area contributed by atoms with Crippen molar-refractivity contribution in [2.24, 2.45) is 0 Å². The predicted molar refractivity (Wildman–Crippen MR) is 57.9 cm³/mol. The van der Waals surface area contributed by atoms with Gasteiger partial charge in [0.2, 0.25) is 0 Å². The first-order chi connectivity index (χ1) is 7.88. The largest absolute Gasteiger partial charge is 0.441 e. The Hall–Kier alpha value is -1.02. The molecular weight excluding hydrogens is 279 g/mol. The van der Waals surface area contributed by atoms with Gasteiger partial charge in [0, 0.05) is 12.3 Å². The standard InChI is InChI=1S/C8H7ClF3N3OS/c9-6-2-1-5(14-15-6)7(16)13-3-4-17-8(10,11)12/h1-2H,3-4H2,(H,13,16). The van der Waals surface area contributed by atoms with Gasteiger partial charge in [-0.3, -0.25) is 4.79 Å².